The third kappa shape index (κ3) is 6.83. The maximum Gasteiger partial charge on any atom is 0.404 e. The molecule has 0 spiro atoms. The molecule has 8 nitrogen and oxygen atoms in total. The number of halogens is 2. The molecule has 29 heavy (non-hydrogen) atoms. The fraction of sp³-hybridized carbons (Fsp3) is 0.421. The fourth-order valence-electron chi connectivity index (χ4n) is 2.68. The van der Waals surface area contributed by atoms with Gasteiger partial charge in [0.15, 0.2) is 5.82 Å². The van der Waals surface area contributed by atoms with Gasteiger partial charge in [-0.2, -0.15) is 4.98 Å². The number of nitrogens with two attached hydrogens (primary N) is 1. The molecular formula is C19H26Cl2N6O2. The van der Waals surface area contributed by atoms with Crippen molar-refractivity contribution in [1.29, 1.82) is 0 Å². The van der Waals surface area contributed by atoms with Crippen molar-refractivity contribution in [2.24, 2.45) is 5.41 Å². The number of anilines is 3. The SMILES string of the molecule is CC(C)(C)C(CCNC(=O)O)Nc1ncc(N)c(NCc2c(Cl)cccc2Cl)n1. The molecule has 2 aromatic rings. The summed E-state index contributed by atoms with van der Waals surface area (Å²) in [5.74, 6) is 0.844. The van der Waals surface area contributed by atoms with Gasteiger partial charge in [0, 0.05) is 34.7 Å². The molecule has 0 saturated carbocycles. The second-order valence-corrected chi connectivity index (χ2v) is 8.45. The third-order valence-corrected chi connectivity index (χ3v) is 5.08. The van der Waals surface area contributed by atoms with Crippen LogP contribution in [0.1, 0.15) is 32.8 Å². The number of hydrogen-bond acceptors (Lipinski definition) is 6. The lowest BCUT2D eigenvalue weighted by atomic mass is 9.85. The zero-order valence-electron chi connectivity index (χ0n) is 16.6. The van der Waals surface area contributed by atoms with Gasteiger partial charge >= 0.3 is 6.09 Å². The Morgan fingerprint density at radius 3 is 2.52 bits per heavy atom. The first-order chi connectivity index (χ1) is 13.6. The number of nitrogen functional groups attached to an aromatic ring is 1. The monoisotopic (exact) mass is 440 g/mol. The van der Waals surface area contributed by atoms with E-state index in [1.165, 1.54) is 6.20 Å². The molecule has 1 heterocycles. The Balaban J connectivity index is 2.12. The molecule has 1 amide bonds. The lowest BCUT2D eigenvalue weighted by Gasteiger charge is -2.31. The Hall–Kier alpha value is -2.45. The van der Waals surface area contributed by atoms with E-state index in [1.54, 1.807) is 18.2 Å². The van der Waals surface area contributed by atoms with Crippen LogP contribution in [0.3, 0.4) is 0 Å². The topological polar surface area (TPSA) is 125 Å². The van der Waals surface area contributed by atoms with E-state index < -0.39 is 6.09 Å². The summed E-state index contributed by atoms with van der Waals surface area (Å²) in [4.78, 5) is 19.4. The molecule has 0 bridgehead atoms. The predicted molar refractivity (Wildman–Crippen MR) is 118 cm³/mol. The maximum atomic E-state index is 10.7. The fourth-order valence-corrected chi connectivity index (χ4v) is 3.21. The number of aromatic nitrogens is 2. The van der Waals surface area contributed by atoms with Gasteiger partial charge in [-0.15, -0.1) is 0 Å². The first-order valence-electron chi connectivity index (χ1n) is 9.10. The minimum absolute atomic E-state index is 0.0659. The zero-order chi connectivity index (χ0) is 21.6. The van der Waals surface area contributed by atoms with Crippen LogP contribution in [-0.4, -0.2) is 33.8 Å². The number of rotatable bonds is 8. The minimum atomic E-state index is -1.05. The van der Waals surface area contributed by atoms with Crippen molar-refractivity contribution in [2.45, 2.75) is 39.8 Å². The van der Waals surface area contributed by atoms with Gasteiger partial charge < -0.3 is 26.8 Å². The average Bonchev–Trinajstić information content (AvgIpc) is 2.61. The molecule has 0 radical (unpaired) electrons. The van der Waals surface area contributed by atoms with E-state index in [2.05, 4.69) is 46.7 Å². The number of carboxylic acid groups (broad SMARTS) is 1. The summed E-state index contributed by atoms with van der Waals surface area (Å²) in [7, 11) is 0. The largest absolute Gasteiger partial charge is 0.465 e. The van der Waals surface area contributed by atoms with Crippen molar-refractivity contribution < 1.29 is 9.90 Å². The summed E-state index contributed by atoms with van der Waals surface area (Å²) in [6.07, 6.45) is 1.04. The molecule has 158 valence electrons. The van der Waals surface area contributed by atoms with Crippen LogP contribution in [0.2, 0.25) is 10.0 Å². The summed E-state index contributed by atoms with van der Waals surface area (Å²) in [5, 5.41) is 18.7. The second kappa shape index (κ2) is 9.84. The molecule has 1 unspecified atom stereocenters. The molecule has 1 aromatic heterocycles. The van der Waals surface area contributed by atoms with Crippen molar-refractivity contribution in [3.05, 3.63) is 40.0 Å². The molecular weight excluding hydrogens is 415 g/mol. The van der Waals surface area contributed by atoms with E-state index >= 15 is 0 Å². The highest BCUT2D eigenvalue weighted by Crippen LogP contribution is 2.27. The van der Waals surface area contributed by atoms with Gasteiger partial charge in [0.1, 0.15) is 0 Å². The summed E-state index contributed by atoms with van der Waals surface area (Å²) in [6, 6.07) is 5.24. The van der Waals surface area contributed by atoms with Gasteiger partial charge in [-0.05, 0) is 24.0 Å². The molecule has 0 saturated heterocycles. The van der Waals surface area contributed by atoms with Gasteiger partial charge in [0.25, 0.3) is 0 Å². The van der Waals surface area contributed by atoms with Gasteiger partial charge in [-0.3, -0.25) is 0 Å². The van der Waals surface area contributed by atoms with Gasteiger partial charge in [0.05, 0.1) is 11.9 Å². The maximum absolute atomic E-state index is 10.7. The van der Waals surface area contributed by atoms with Crippen LogP contribution >= 0.6 is 23.2 Å². The zero-order valence-corrected chi connectivity index (χ0v) is 18.1. The highest BCUT2D eigenvalue weighted by molar-refractivity contribution is 6.36. The van der Waals surface area contributed by atoms with E-state index in [-0.39, 0.29) is 11.5 Å². The van der Waals surface area contributed by atoms with Crippen molar-refractivity contribution >= 4 is 46.7 Å². The van der Waals surface area contributed by atoms with E-state index in [4.69, 9.17) is 34.0 Å². The van der Waals surface area contributed by atoms with Crippen LogP contribution in [-0.2, 0) is 6.54 Å². The third-order valence-electron chi connectivity index (χ3n) is 4.37. The van der Waals surface area contributed by atoms with E-state index in [9.17, 15) is 4.79 Å². The van der Waals surface area contributed by atoms with Crippen LogP contribution < -0.4 is 21.7 Å². The Labute approximate surface area is 180 Å². The minimum Gasteiger partial charge on any atom is -0.465 e. The molecule has 0 fully saturated rings. The molecule has 6 N–H and O–H groups in total. The number of hydrogen-bond donors (Lipinski definition) is 5. The molecule has 1 atom stereocenters. The second-order valence-electron chi connectivity index (χ2n) is 7.63. The quantitative estimate of drug-likeness (QED) is 0.410. The molecule has 1 aromatic carbocycles. The number of nitrogens with zero attached hydrogens (tertiary/aromatic N) is 2. The Kier molecular flexibility index (Phi) is 7.75. The number of carbonyl (C=O) groups is 1. The standard InChI is InChI=1S/C19H26Cl2N6O2/c1-19(2,3)15(7-8-23-18(28)29)26-17-25-10-14(22)16(27-17)24-9-11-12(20)5-4-6-13(11)21/h4-6,10,15,23H,7-9,22H2,1-3H3,(H,28,29)(H2,24,25,26,27). The smallest absolute Gasteiger partial charge is 0.404 e. The number of benzene rings is 1. The molecule has 0 aliphatic rings. The first kappa shape index (κ1) is 22.8. The van der Waals surface area contributed by atoms with Crippen molar-refractivity contribution in [1.82, 2.24) is 15.3 Å². The van der Waals surface area contributed by atoms with Crippen LogP contribution in [0.5, 0.6) is 0 Å². The highest BCUT2D eigenvalue weighted by Gasteiger charge is 2.25. The normalized spacial score (nSPS) is 12.3. The number of nitrogens with one attached hydrogen (secondary N) is 3. The lowest BCUT2D eigenvalue weighted by Crippen LogP contribution is -2.38. The Morgan fingerprint density at radius 2 is 1.93 bits per heavy atom. The first-order valence-corrected chi connectivity index (χ1v) is 9.86. The molecule has 0 aliphatic carbocycles. The van der Waals surface area contributed by atoms with Crippen molar-refractivity contribution in [3.63, 3.8) is 0 Å². The summed E-state index contributed by atoms with van der Waals surface area (Å²) < 4.78 is 0. The Morgan fingerprint density at radius 1 is 1.28 bits per heavy atom. The van der Waals surface area contributed by atoms with Gasteiger partial charge in [-0.25, -0.2) is 9.78 Å². The van der Waals surface area contributed by atoms with E-state index in [0.717, 1.165) is 5.56 Å². The van der Waals surface area contributed by atoms with Crippen LogP contribution in [0.25, 0.3) is 0 Å². The van der Waals surface area contributed by atoms with E-state index in [0.29, 0.717) is 47.0 Å². The van der Waals surface area contributed by atoms with Gasteiger partial charge in [0.2, 0.25) is 5.95 Å². The highest BCUT2D eigenvalue weighted by atomic mass is 35.5. The van der Waals surface area contributed by atoms with Crippen molar-refractivity contribution in [2.75, 3.05) is 22.9 Å². The summed E-state index contributed by atoms with van der Waals surface area (Å²) in [5.41, 5.74) is 6.99. The predicted octanol–water partition coefficient (Wildman–Crippen LogP) is 4.46. The van der Waals surface area contributed by atoms with Gasteiger partial charge in [-0.1, -0.05) is 50.0 Å². The lowest BCUT2D eigenvalue weighted by molar-refractivity contribution is 0.193. The van der Waals surface area contributed by atoms with Crippen LogP contribution in [0, 0.1) is 5.41 Å². The molecule has 2 rings (SSSR count). The van der Waals surface area contributed by atoms with Crippen LogP contribution in [0.15, 0.2) is 24.4 Å². The van der Waals surface area contributed by atoms with Crippen LogP contribution in [0.4, 0.5) is 22.2 Å². The summed E-state index contributed by atoms with van der Waals surface area (Å²) in [6.45, 7) is 6.84. The number of amides is 1. The Bertz CT molecular complexity index is 837. The van der Waals surface area contributed by atoms with Crippen molar-refractivity contribution in [3.8, 4) is 0 Å². The van der Waals surface area contributed by atoms with E-state index in [1.807, 2.05) is 0 Å². The summed E-state index contributed by atoms with van der Waals surface area (Å²) >= 11 is 12.4. The average molecular weight is 441 g/mol. The molecule has 0 aliphatic heterocycles. The molecule has 10 heteroatoms.